The smallest absolute Gasteiger partial charge is 0.338 e. The third-order valence-electron chi connectivity index (χ3n) is 5.11. The first kappa shape index (κ1) is 21.4. The fourth-order valence-corrected chi connectivity index (χ4v) is 3.69. The van der Waals surface area contributed by atoms with E-state index in [9.17, 15) is 4.79 Å². The number of allylic oxidation sites excluding steroid dienone is 1. The Kier molecular flexibility index (Phi) is 6.39. The third-order valence-corrected chi connectivity index (χ3v) is 5.11. The predicted octanol–water partition coefficient (Wildman–Crippen LogP) is 4.11. The predicted molar refractivity (Wildman–Crippen MR) is 120 cm³/mol. The molecular weight excluding hydrogens is 408 g/mol. The van der Waals surface area contributed by atoms with Crippen LogP contribution in [-0.4, -0.2) is 33.9 Å². The molecule has 2 aromatic carbocycles. The van der Waals surface area contributed by atoms with Gasteiger partial charge in [-0.15, -0.1) is 0 Å². The molecule has 0 aliphatic carbocycles. The molecule has 1 N–H and O–H groups in total. The van der Waals surface area contributed by atoms with Gasteiger partial charge in [0.05, 0.1) is 18.8 Å². The Morgan fingerprint density at radius 2 is 1.88 bits per heavy atom. The first-order valence-electron chi connectivity index (χ1n) is 10.6. The monoisotopic (exact) mass is 434 g/mol. The zero-order valence-electron chi connectivity index (χ0n) is 18.4. The molecule has 0 saturated heterocycles. The summed E-state index contributed by atoms with van der Waals surface area (Å²) in [5, 5.41) is 7.48. The number of anilines is 1. The van der Waals surface area contributed by atoms with E-state index in [4.69, 9.17) is 14.2 Å². The number of nitrogens with one attached hydrogen (secondary N) is 1. The van der Waals surface area contributed by atoms with E-state index in [1.165, 1.54) is 6.33 Å². The summed E-state index contributed by atoms with van der Waals surface area (Å²) < 4.78 is 18.9. The number of carbonyl (C=O) groups excluding carboxylic acids is 1. The number of ether oxygens (including phenoxy) is 3. The Morgan fingerprint density at radius 1 is 1.06 bits per heavy atom. The van der Waals surface area contributed by atoms with Crippen LogP contribution in [0.4, 0.5) is 5.95 Å². The van der Waals surface area contributed by atoms with Crippen molar-refractivity contribution in [2.24, 2.45) is 0 Å². The number of aromatic nitrogens is 3. The van der Waals surface area contributed by atoms with Crippen molar-refractivity contribution in [2.45, 2.75) is 33.4 Å². The minimum atomic E-state index is -0.504. The number of rotatable bonds is 8. The van der Waals surface area contributed by atoms with Crippen molar-refractivity contribution in [3.8, 4) is 11.5 Å². The Balaban J connectivity index is 1.71. The van der Waals surface area contributed by atoms with E-state index in [-0.39, 0.29) is 6.61 Å². The van der Waals surface area contributed by atoms with E-state index in [2.05, 4.69) is 15.4 Å². The molecule has 1 aliphatic rings. The van der Waals surface area contributed by atoms with Gasteiger partial charge in [0.15, 0.2) is 11.5 Å². The summed E-state index contributed by atoms with van der Waals surface area (Å²) in [7, 11) is 0. The molecule has 0 fully saturated rings. The van der Waals surface area contributed by atoms with Crippen molar-refractivity contribution in [1.29, 1.82) is 0 Å². The molecule has 0 saturated carbocycles. The van der Waals surface area contributed by atoms with Gasteiger partial charge in [-0.3, -0.25) is 0 Å². The number of hydrogen-bond donors (Lipinski definition) is 1. The molecule has 0 bridgehead atoms. The summed E-state index contributed by atoms with van der Waals surface area (Å²) in [5.41, 5.74) is 3.03. The maximum Gasteiger partial charge on any atom is 0.338 e. The lowest BCUT2D eigenvalue weighted by molar-refractivity contribution is -0.139. The molecule has 4 rings (SSSR count). The summed E-state index contributed by atoms with van der Waals surface area (Å²) in [6.45, 7) is 6.72. The van der Waals surface area contributed by atoms with Gasteiger partial charge in [-0.05, 0) is 44.0 Å². The largest absolute Gasteiger partial charge is 0.490 e. The first-order valence-corrected chi connectivity index (χ1v) is 10.6. The van der Waals surface area contributed by atoms with Gasteiger partial charge in [-0.25, -0.2) is 9.48 Å². The molecule has 2 heterocycles. The minimum absolute atomic E-state index is 0.281. The van der Waals surface area contributed by atoms with Crippen LogP contribution in [0.5, 0.6) is 11.5 Å². The SMILES string of the molecule is CCOC(=O)C1=C(C)Nc2ncnn2C1c1ccc(OCc2ccccc2)c(OCC)c1. The van der Waals surface area contributed by atoms with E-state index in [0.717, 1.165) is 11.1 Å². The second kappa shape index (κ2) is 9.55. The summed E-state index contributed by atoms with van der Waals surface area (Å²) in [6.07, 6.45) is 1.46. The average Bonchev–Trinajstić information content (AvgIpc) is 3.26. The van der Waals surface area contributed by atoms with Gasteiger partial charge in [-0.2, -0.15) is 10.1 Å². The third kappa shape index (κ3) is 4.30. The zero-order chi connectivity index (χ0) is 22.5. The van der Waals surface area contributed by atoms with Crippen LogP contribution in [0.1, 0.15) is 37.9 Å². The van der Waals surface area contributed by atoms with Crippen molar-refractivity contribution >= 4 is 11.9 Å². The van der Waals surface area contributed by atoms with Gasteiger partial charge >= 0.3 is 5.97 Å². The van der Waals surface area contributed by atoms with Crippen LogP contribution in [0, 0.1) is 0 Å². The van der Waals surface area contributed by atoms with Crippen molar-refractivity contribution in [3.05, 3.63) is 77.3 Å². The number of fused-ring (bicyclic) bond motifs is 1. The molecule has 8 heteroatoms. The molecule has 3 aromatic rings. The van der Waals surface area contributed by atoms with Crippen molar-refractivity contribution in [1.82, 2.24) is 14.8 Å². The number of nitrogens with zero attached hydrogens (tertiary/aromatic N) is 3. The first-order chi connectivity index (χ1) is 15.6. The topological polar surface area (TPSA) is 87.5 Å². The summed E-state index contributed by atoms with van der Waals surface area (Å²) in [6, 6.07) is 15.1. The van der Waals surface area contributed by atoms with Crippen molar-refractivity contribution in [3.63, 3.8) is 0 Å². The van der Waals surface area contributed by atoms with Gasteiger partial charge in [-0.1, -0.05) is 36.4 Å². The molecule has 1 aliphatic heterocycles. The van der Waals surface area contributed by atoms with Gasteiger partial charge in [0.2, 0.25) is 5.95 Å². The van der Waals surface area contributed by atoms with Crippen LogP contribution in [0.2, 0.25) is 0 Å². The second-order valence-corrected chi connectivity index (χ2v) is 7.23. The molecule has 1 aromatic heterocycles. The van der Waals surface area contributed by atoms with Gasteiger partial charge in [0.1, 0.15) is 19.0 Å². The quantitative estimate of drug-likeness (QED) is 0.534. The minimum Gasteiger partial charge on any atom is -0.490 e. The molecule has 0 radical (unpaired) electrons. The highest BCUT2D eigenvalue weighted by molar-refractivity contribution is 5.92. The lowest BCUT2D eigenvalue weighted by Crippen LogP contribution is -2.29. The lowest BCUT2D eigenvalue weighted by Gasteiger charge is -2.28. The molecule has 1 unspecified atom stereocenters. The van der Waals surface area contributed by atoms with E-state index >= 15 is 0 Å². The second-order valence-electron chi connectivity index (χ2n) is 7.23. The van der Waals surface area contributed by atoms with E-state index in [1.807, 2.05) is 62.4 Å². The van der Waals surface area contributed by atoms with Gasteiger partial charge < -0.3 is 19.5 Å². The van der Waals surface area contributed by atoms with Gasteiger partial charge in [0, 0.05) is 5.70 Å². The number of hydrogen-bond acceptors (Lipinski definition) is 7. The molecule has 0 amide bonds. The Hall–Kier alpha value is -3.81. The highest BCUT2D eigenvalue weighted by Gasteiger charge is 2.34. The fraction of sp³-hybridized carbons (Fsp3) is 0.292. The number of carbonyl (C=O) groups is 1. The Morgan fingerprint density at radius 3 is 2.62 bits per heavy atom. The standard InChI is InChI=1S/C24H26N4O4/c1-4-30-20-13-18(11-12-19(20)32-14-17-9-7-6-8-10-17)22-21(23(29)31-5-2)16(3)27-24-25-15-26-28(22)24/h6-13,15,22H,4-5,14H2,1-3H3,(H,25,26,27). The number of esters is 1. The van der Waals surface area contributed by atoms with Crippen LogP contribution >= 0.6 is 0 Å². The highest BCUT2D eigenvalue weighted by Crippen LogP contribution is 2.39. The molecule has 0 spiro atoms. The molecule has 1 atom stereocenters. The van der Waals surface area contributed by atoms with Crippen LogP contribution in [0.3, 0.4) is 0 Å². The van der Waals surface area contributed by atoms with Crippen molar-refractivity contribution in [2.75, 3.05) is 18.5 Å². The molecular formula is C24H26N4O4. The fourth-order valence-electron chi connectivity index (χ4n) is 3.69. The van der Waals surface area contributed by atoms with Crippen molar-refractivity contribution < 1.29 is 19.0 Å². The maximum atomic E-state index is 12.8. The highest BCUT2D eigenvalue weighted by atomic mass is 16.5. The van der Waals surface area contributed by atoms with Crippen LogP contribution in [0.25, 0.3) is 0 Å². The lowest BCUT2D eigenvalue weighted by atomic mass is 9.95. The van der Waals surface area contributed by atoms with Crippen LogP contribution < -0.4 is 14.8 Å². The molecule has 32 heavy (non-hydrogen) atoms. The summed E-state index contributed by atoms with van der Waals surface area (Å²) in [5.74, 6) is 1.39. The summed E-state index contributed by atoms with van der Waals surface area (Å²) >= 11 is 0. The maximum absolute atomic E-state index is 12.8. The van der Waals surface area contributed by atoms with E-state index < -0.39 is 12.0 Å². The Bertz CT molecular complexity index is 1120. The van der Waals surface area contributed by atoms with Crippen LogP contribution in [-0.2, 0) is 16.1 Å². The van der Waals surface area contributed by atoms with E-state index in [0.29, 0.717) is 41.9 Å². The average molecular weight is 434 g/mol. The van der Waals surface area contributed by atoms with Crippen LogP contribution in [0.15, 0.2) is 66.1 Å². The van der Waals surface area contributed by atoms with E-state index in [1.54, 1.807) is 11.6 Å². The zero-order valence-corrected chi connectivity index (χ0v) is 18.4. The normalized spacial score (nSPS) is 15.0. The van der Waals surface area contributed by atoms with Gasteiger partial charge in [0.25, 0.3) is 0 Å². The summed E-state index contributed by atoms with van der Waals surface area (Å²) in [4.78, 5) is 17.1. The molecule has 166 valence electrons. The number of benzene rings is 2. The Labute approximate surface area is 186 Å². The molecule has 8 nitrogen and oxygen atoms in total.